The van der Waals surface area contributed by atoms with E-state index >= 15 is 0 Å². The van der Waals surface area contributed by atoms with E-state index < -0.39 is 31.8 Å². The number of likely N-dealkylation sites (N-methyl/N-ethyl adjacent to an activating group) is 1. The van der Waals surface area contributed by atoms with Crippen molar-refractivity contribution in [2.45, 2.75) is 31.2 Å². The lowest BCUT2D eigenvalue weighted by molar-refractivity contribution is -0.121. The van der Waals surface area contributed by atoms with E-state index in [-0.39, 0.29) is 29.5 Å². The first-order valence-electron chi connectivity index (χ1n) is 8.40. The van der Waals surface area contributed by atoms with Gasteiger partial charge in [0.25, 0.3) is 0 Å². The highest BCUT2D eigenvalue weighted by atomic mass is 32.2. The van der Waals surface area contributed by atoms with Crippen molar-refractivity contribution >= 4 is 25.8 Å². The van der Waals surface area contributed by atoms with Gasteiger partial charge in [0.2, 0.25) is 15.9 Å². The minimum atomic E-state index is -3.84. The highest BCUT2D eigenvalue weighted by Gasteiger charge is 2.31. The van der Waals surface area contributed by atoms with Crippen LogP contribution >= 0.6 is 0 Å². The number of rotatable bonds is 8. The summed E-state index contributed by atoms with van der Waals surface area (Å²) in [5.74, 6) is -0.00527. The Balaban J connectivity index is 2.05. The lowest BCUT2D eigenvalue weighted by Crippen LogP contribution is -2.44. The number of amides is 1. The van der Waals surface area contributed by atoms with Gasteiger partial charge in [0, 0.05) is 12.6 Å². The van der Waals surface area contributed by atoms with Crippen LogP contribution in [0.5, 0.6) is 5.75 Å². The van der Waals surface area contributed by atoms with Crippen molar-refractivity contribution in [3.8, 4) is 5.75 Å². The fourth-order valence-electron chi connectivity index (χ4n) is 2.73. The van der Waals surface area contributed by atoms with Gasteiger partial charge < -0.3 is 10.1 Å². The van der Waals surface area contributed by atoms with E-state index in [1.807, 2.05) is 6.92 Å². The number of hydrogen-bond donors (Lipinski definition) is 1. The molecule has 1 N–H and O–H groups in total. The van der Waals surface area contributed by atoms with Gasteiger partial charge in [-0.1, -0.05) is 6.92 Å². The van der Waals surface area contributed by atoms with Crippen molar-refractivity contribution in [3.05, 3.63) is 24.3 Å². The first-order valence-corrected chi connectivity index (χ1v) is 11.7. The van der Waals surface area contributed by atoms with Gasteiger partial charge in [-0.05, 0) is 37.6 Å². The first-order chi connectivity index (χ1) is 12.2. The van der Waals surface area contributed by atoms with E-state index in [2.05, 4.69) is 5.32 Å². The smallest absolute Gasteiger partial charge is 0.243 e. The summed E-state index contributed by atoms with van der Waals surface area (Å²) in [4.78, 5) is 12.2. The summed E-state index contributed by atoms with van der Waals surface area (Å²) < 4.78 is 54.7. The molecule has 1 aliphatic rings. The molecular weight excluding hydrogens is 380 g/mol. The second-order valence-electron chi connectivity index (χ2n) is 6.00. The molecule has 1 heterocycles. The average Bonchev–Trinajstić information content (AvgIpc) is 2.91. The average molecular weight is 405 g/mol. The van der Waals surface area contributed by atoms with Crippen LogP contribution in [-0.2, 0) is 24.7 Å². The van der Waals surface area contributed by atoms with Crippen LogP contribution in [0.4, 0.5) is 0 Å². The second kappa shape index (κ2) is 8.36. The normalized spacial score (nSPS) is 19.4. The standard InChI is InChI=1S/C16H24N2O6S2/c1-3-18(11-16(19)17-13-9-10-25(20,21)12-13)26(22,23)15-7-5-14(6-8-15)24-4-2/h5-8,13H,3-4,9-12H2,1-2H3,(H,17,19)/t13-/m1/s1. The van der Waals surface area contributed by atoms with Crippen LogP contribution in [0.2, 0.25) is 0 Å². The molecule has 2 rings (SSSR count). The van der Waals surface area contributed by atoms with Gasteiger partial charge in [-0.15, -0.1) is 0 Å². The summed E-state index contributed by atoms with van der Waals surface area (Å²) in [6, 6.07) is 5.54. The first kappa shape index (κ1) is 20.7. The number of nitrogens with one attached hydrogen (secondary N) is 1. The van der Waals surface area contributed by atoms with Crippen molar-refractivity contribution < 1.29 is 26.4 Å². The molecule has 0 aromatic heterocycles. The monoisotopic (exact) mass is 404 g/mol. The number of ether oxygens (including phenoxy) is 1. The number of benzene rings is 1. The zero-order valence-electron chi connectivity index (χ0n) is 14.8. The molecule has 1 saturated heterocycles. The fourth-order valence-corrected chi connectivity index (χ4v) is 5.81. The summed E-state index contributed by atoms with van der Waals surface area (Å²) >= 11 is 0. The zero-order chi connectivity index (χ0) is 19.4. The predicted molar refractivity (Wildman–Crippen MR) is 97.2 cm³/mol. The van der Waals surface area contributed by atoms with E-state index in [1.54, 1.807) is 19.1 Å². The van der Waals surface area contributed by atoms with Crippen molar-refractivity contribution in [3.63, 3.8) is 0 Å². The third-order valence-corrected chi connectivity index (χ3v) is 7.75. The Labute approximate surface area is 154 Å². The molecule has 146 valence electrons. The maximum absolute atomic E-state index is 12.7. The fraction of sp³-hybridized carbons (Fsp3) is 0.562. The van der Waals surface area contributed by atoms with E-state index in [4.69, 9.17) is 4.74 Å². The molecule has 0 spiro atoms. The topological polar surface area (TPSA) is 110 Å². The van der Waals surface area contributed by atoms with Crippen LogP contribution in [0.3, 0.4) is 0 Å². The van der Waals surface area contributed by atoms with Crippen LogP contribution in [0, 0.1) is 0 Å². The highest BCUT2D eigenvalue weighted by molar-refractivity contribution is 7.91. The Morgan fingerprint density at radius 3 is 2.42 bits per heavy atom. The molecule has 10 heteroatoms. The van der Waals surface area contributed by atoms with Crippen LogP contribution in [0.15, 0.2) is 29.2 Å². The van der Waals surface area contributed by atoms with E-state index in [0.29, 0.717) is 18.8 Å². The number of sulfonamides is 1. The van der Waals surface area contributed by atoms with Crippen molar-refractivity contribution in [2.24, 2.45) is 0 Å². The molecule has 0 radical (unpaired) electrons. The van der Waals surface area contributed by atoms with E-state index in [1.165, 1.54) is 12.1 Å². The third-order valence-electron chi connectivity index (χ3n) is 4.04. The van der Waals surface area contributed by atoms with Crippen molar-refractivity contribution in [1.82, 2.24) is 9.62 Å². The molecule has 1 aromatic rings. The number of carbonyl (C=O) groups excluding carboxylic acids is 1. The van der Waals surface area contributed by atoms with Crippen LogP contribution in [-0.4, -0.2) is 64.3 Å². The maximum atomic E-state index is 12.7. The van der Waals surface area contributed by atoms with Crippen LogP contribution in [0.25, 0.3) is 0 Å². The molecule has 1 fully saturated rings. The second-order valence-corrected chi connectivity index (χ2v) is 10.2. The minimum Gasteiger partial charge on any atom is -0.494 e. The molecule has 1 aromatic carbocycles. The summed E-state index contributed by atoms with van der Waals surface area (Å²) in [6.07, 6.45) is 0.353. The SMILES string of the molecule is CCOc1ccc(S(=O)(=O)N(CC)CC(=O)N[C@@H]2CCS(=O)(=O)C2)cc1. The molecule has 0 saturated carbocycles. The quantitative estimate of drug-likeness (QED) is 0.672. The van der Waals surface area contributed by atoms with Crippen molar-refractivity contribution in [2.75, 3.05) is 31.2 Å². The lowest BCUT2D eigenvalue weighted by Gasteiger charge is -2.21. The molecule has 8 nitrogen and oxygen atoms in total. The molecule has 0 bridgehead atoms. The van der Waals surface area contributed by atoms with Crippen molar-refractivity contribution in [1.29, 1.82) is 0 Å². The van der Waals surface area contributed by atoms with Gasteiger partial charge in [-0.25, -0.2) is 16.8 Å². The largest absolute Gasteiger partial charge is 0.494 e. The summed E-state index contributed by atoms with van der Waals surface area (Å²) in [5, 5.41) is 2.60. The minimum absolute atomic E-state index is 0.0416. The number of carbonyl (C=O) groups is 1. The Bertz CT molecular complexity index is 834. The van der Waals surface area contributed by atoms with Gasteiger partial charge in [-0.3, -0.25) is 4.79 Å². The van der Waals surface area contributed by atoms with Gasteiger partial charge in [-0.2, -0.15) is 4.31 Å². The predicted octanol–water partition coefficient (Wildman–Crippen LogP) is 0.399. The molecule has 1 atom stereocenters. The summed E-state index contributed by atoms with van der Waals surface area (Å²) in [5.41, 5.74) is 0. The Kier molecular flexibility index (Phi) is 6.64. The van der Waals surface area contributed by atoms with E-state index in [0.717, 1.165) is 4.31 Å². The third kappa shape index (κ3) is 5.18. The molecule has 0 unspecified atom stereocenters. The molecule has 1 amide bonds. The molecule has 0 aliphatic carbocycles. The Hall–Kier alpha value is -1.65. The zero-order valence-corrected chi connectivity index (χ0v) is 16.5. The molecule has 26 heavy (non-hydrogen) atoms. The molecule has 1 aliphatic heterocycles. The maximum Gasteiger partial charge on any atom is 0.243 e. The molecular formula is C16H24N2O6S2. The lowest BCUT2D eigenvalue weighted by atomic mass is 10.2. The highest BCUT2D eigenvalue weighted by Crippen LogP contribution is 2.19. The van der Waals surface area contributed by atoms with Gasteiger partial charge in [0.05, 0.1) is 29.6 Å². The van der Waals surface area contributed by atoms with Gasteiger partial charge in [0.15, 0.2) is 9.84 Å². The summed E-state index contributed by atoms with van der Waals surface area (Å²) in [6.45, 7) is 3.70. The Morgan fingerprint density at radius 1 is 1.27 bits per heavy atom. The number of hydrogen-bond acceptors (Lipinski definition) is 6. The number of sulfone groups is 1. The number of nitrogens with zero attached hydrogens (tertiary/aromatic N) is 1. The van der Waals surface area contributed by atoms with Gasteiger partial charge >= 0.3 is 0 Å². The van der Waals surface area contributed by atoms with E-state index in [9.17, 15) is 21.6 Å². The Morgan fingerprint density at radius 2 is 1.92 bits per heavy atom. The summed E-state index contributed by atoms with van der Waals surface area (Å²) in [7, 11) is -6.95. The van der Waals surface area contributed by atoms with Crippen LogP contribution < -0.4 is 10.1 Å². The van der Waals surface area contributed by atoms with Crippen LogP contribution in [0.1, 0.15) is 20.3 Å². The van der Waals surface area contributed by atoms with Gasteiger partial charge in [0.1, 0.15) is 5.75 Å².